The number of nitrogens with one attached hydrogen (secondary N) is 2. The van der Waals surface area contributed by atoms with Crippen molar-refractivity contribution < 1.29 is 18.4 Å². The number of amides is 1. The Balaban J connectivity index is 1.68. The lowest BCUT2D eigenvalue weighted by atomic mass is 10.1. The molecule has 2 aromatic carbocycles. The lowest BCUT2D eigenvalue weighted by Crippen LogP contribution is -2.23. The van der Waals surface area contributed by atoms with E-state index in [1.807, 2.05) is 6.07 Å². The minimum Gasteiger partial charge on any atom is -0.356 e. The first-order chi connectivity index (χ1) is 13.0. The first kappa shape index (κ1) is 18.0. The van der Waals surface area contributed by atoms with Gasteiger partial charge in [0.15, 0.2) is 5.78 Å². The summed E-state index contributed by atoms with van der Waals surface area (Å²) in [5, 5.41) is 11.4. The molecule has 0 aliphatic carbocycles. The minimum absolute atomic E-state index is 0.0871. The molecule has 27 heavy (non-hydrogen) atoms. The van der Waals surface area contributed by atoms with E-state index >= 15 is 0 Å². The van der Waals surface area contributed by atoms with Crippen molar-refractivity contribution >= 4 is 11.7 Å². The molecule has 1 heterocycles. The van der Waals surface area contributed by atoms with Gasteiger partial charge in [0.05, 0.1) is 17.2 Å². The molecular weight excluding hydrogens is 352 g/mol. The number of halogens is 2. The van der Waals surface area contributed by atoms with Gasteiger partial charge in [0.1, 0.15) is 17.3 Å². The van der Waals surface area contributed by atoms with Crippen LogP contribution in [0.1, 0.15) is 37.5 Å². The topological polar surface area (TPSA) is 85.8 Å². The maximum Gasteiger partial charge on any atom is 0.267 e. The van der Waals surface area contributed by atoms with Crippen molar-refractivity contribution in [2.75, 3.05) is 0 Å². The highest BCUT2D eigenvalue weighted by Gasteiger charge is 2.18. The van der Waals surface area contributed by atoms with Gasteiger partial charge in [0.25, 0.3) is 5.91 Å². The molecule has 134 valence electrons. The Kier molecular flexibility index (Phi) is 5.08. The zero-order chi connectivity index (χ0) is 19.4. The van der Waals surface area contributed by atoms with Crippen LogP contribution in [0.5, 0.6) is 0 Å². The molecule has 0 spiro atoms. The Labute approximate surface area is 153 Å². The largest absolute Gasteiger partial charge is 0.356 e. The molecule has 0 saturated heterocycles. The third-order valence-electron chi connectivity index (χ3n) is 3.90. The highest BCUT2D eigenvalue weighted by atomic mass is 19.1. The van der Waals surface area contributed by atoms with Gasteiger partial charge in [0, 0.05) is 24.4 Å². The molecule has 0 bridgehead atoms. The molecule has 1 aromatic heterocycles. The fraction of sp³-hybridized carbons (Fsp3) is 0.0500. The van der Waals surface area contributed by atoms with Crippen molar-refractivity contribution in [1.82, 2.24) is 10.3 Å². The zero-order valence-corrected chi connectivity index (χ0v) is 13.9. The van der Waals surface area contributed by atoms with E-state index in [0.717, 1.165) is 17.7 Å². The third-order valence-corrected chi connectivity index (χ3v) is 3.90. The van der Waals surface area contributed by atoms with Crippen LogP contribution in [0.4, 0.5) is 8.78 Å². The summed E-state index contributed by atoms with van der Waals surface area (Å²) in [4.78, 5) is 27.2. The number of hydrogen-bond donors (Lipinski definition) is 2. The van der Waals surface area contributed by atoms with Crippen LogP contribution in [0.15, 0.2) is 54.7 Å². The van der Waals surface area contributed by atoms with E-state index in [2.05, 4.69) is 10.3 Å². The quantitative estimate of drug-likeness (QED) is 0.680. The standard InChI is InChI=1S/C20H13F2N3O2/c21-15-5-6-16(17(22)8-15)19(26)14-7-18(24-11-14)20(27)25-10-13-3-1-12(9-23)2-4-13/h1-8,11,24H,10H2,(H,25,27). The highest BCUT2D eigenvalue weighted by molar-refractivity contribution is 6.10. The molecule has 5 nitrogen and oxygen atoms in total. The molecule has 7 heteroatoms. The Bertz CT molecular complexity index is 1050. The van der Waals surface area contributed by atoms with Crippen LogP contribution in [0, 0.1) is 23.0 Å². The minimum atomic E-state index is -0.965. The molecule has 0 fully saturated rings. The van der Waals surface area contributed by atoms with Crippen molar-refractivity contribution in [2.45, 2.75) is 6.54 Å². The highest BCUT2D eigenvalue weighted by Crippen LogP contribution is 2.16. The summed E-state index contributed by atoms with van der Waals surface area (Å²) >= 11 is 0. The number of aromatic amines is 1. The van der Waals surface area contributed by atoms with Crippen molar-refractivity contribution in [2.24, 2.45) is 0 Å². The summed E-state index contributed by atoms with van der Waals surface area (Å²) in [5.74, 6) is -2.85. The molecule has 0 aliphatic heterocycles. The molecule has 0 radical (unpaired) electrons. The average molecular weight is 365 g/mol. The second kappa shape index (κ2) is 7.62. The molecule has 0 unspecified atom stereocenters. The summed E-state index contributed by atoms with van der Waals surface area (Å²) in [6, 6.07) is 12.7. The van der Waals surface area contributed by atoms with Crippen LogP contribution >= 0.6 is 0 Å². The van der Waals surface area contributed by atoms with E-state index in [1.54, 1.807) is 24.3 Å². The number of nitriles is 1. The van der Waals surface area contributed by atoms with Crippen LogP contribution in [-0.2, 0) is 6.54 Å². The maximum atomic E-state index is 13.7. The van der Waals surface area contributed by atoms with E-state index < -0.39 is 23.3 Å². The number of aromatic nitrogens is 1. The molecule has 3 aromatic rings. The molecular formula is C20H13F2N3O2. The van der Waals surface area contributed by atoms with Crippen molar-refractivity contribution in [3.8, 4) is 6.07 Å². The lowest BCUT2D eigenvalue weighted by Gasteiger charge is -2.04. The van der Waals surface area contributed by atoms with Crippen LogP contribution in [0.25, 0.3) is 0 Å². The summed E-state index contributed by atoms with van der Waals surface area (Å²) in [5.41, 5.74) is 1.27. The van der Waals surface area contributed by atoms with Crippen LogP contribution in [0.3, 0.4) is 0 Å². The van der Waals surface area contributed by atoms with Gasteiger partial charge in [-0.05, 0) is 35.9 Å². The molecule has 0 aliphatic rings. The van der Waals surface area contributed by atoms with E-state index in [-0.39, 0.29) is 23.4 Å². The van der Waals surface area contributed by atoms with E-state index in [0.29, 0.717) is 11.6 Å². The number of H-pyrrole nitrogens is 1. The number of carbonyl (C=O) groups is 2. The number of carbonyl (C=O) groups excluding carboxylic acids is 2. The fourth-order valence-corrected chi connectivity index (χ4v) is 2.46. The Morgan fingerprint density at radius 1 is 1.07 bits per heavy atom. The van der Waals surface area contributed by atoms with Gasteiger partial charge < -0.3 is 10.3 Å². The predicted octanol–water partition coefficient (Wildman–Crippen LogP) is 3.33. The number of ketones is 1. The maximum absolute atomic E-state index is 13.7. The van der Waals surface area contributed by atoms with Crippen LogP contribution in [-0.4, -0.2) is 16.7 Å². The SMILES string of the molecule is N#Cc1ccc(CNC(=O)c2cc(C(=O)c3ccc(F)cc3F)c[nH]2)cc1. The van der Waals surface area contributed by atoms with Gasteiger partial charge in [-0.2, -0.15) is 5.26 Å². The number of nitrogens with zero attached hydrogens (tertiary/aromatic N) is 1. The smallest absolute Gasteiger partial charge is 0.267 e. The normalized spacial score (nSPS) is 10.3. The second-order valence-electron chi connectivity index (χ2n) is 5.75. The van der Waals surface area contributed by atoms with Gasteiger partial charge in [-0.25, -0.2) is 8.78 Å². The molecule has 0 saturated carbocycles. The van der Waals surface area contributed by atoms with E-state index in [1.165, 1.54) is 12.3 Å². The number of hydrogen-bond acceptors (Lipinski definition) is 3. The Morgan fingerprint density at radius 3 is 2.48 bits per heavy atom. The van der Waals surface area contributed by atoms with Gasteiger partial charge >= 0.3 is 0 Å². The number of benzene rings is 2. The fourth-order valence-electron chi connectivity index (χ4n) is 2.46. The molecule has 2 N–H and O–H groups in total. The van der Waals surface area contributed by atoms with Crippen molar-refractivity contribution in [1.29, 1.82) is 5.26 Å². The third kappa shape index (κ3) is 4.07. The van der Waals surface area contributed by atoms with Gasteiger partial charge in [-0.1, -0.05) is 12.1 Å². The molecule has 1 amide bonds. The summed E-state index contributed by atoms with van der Waals surface area (Å²) in [6.45, 7) is 0.236. The van der Waals surface area contributed by atoms with E-state index in [4.69, 9.17) is 5.26 Å². The number of rotatable bonds is 5. The van der Waals surface area contributed by atoms with Gasteiger partial charge in [0.2, 0.25) is 0 Å². The van der Waals surface area contributed by atoms with Crippen LogP contribution in [0.2, 0.25) is 0 Å². The molecule has 0 atom stereocenters. The van der Waals surface area contributed by atoms with Gasteiger partial charge in [-0.15, -0.1) is 0 Å². The average Bonchev–Trinajstić information content (AvgIpc) is 3.16. The predicted molar refractivity (Wildman–Crippen MR) is 92.9 cm³/mol. The second-order valence-corrected chi connectivity index (χ2v) is 5.75. The first-order valence-electron chi connectivity index (χ1n) is 7.93. The van der Waals surface area contributed by atoms with Crippen molar-refractivity contribution in [3.63, 3.8) is 0 Å². The summed E-state index contributed by atoms with van der Waals surface area (Å²) in [7, 11) is 0. The monoisotopic (exact) mass is 365 g/mol. The van der Waals surface area contributed by atoms with E-state index in [9.17, 15) is 18.4 Å². The van der Waals surface area contributed by atoms with Gasteiger partial charge in [-0.3, -0.25) is 9.59 Å². The first-order valence-corrected chi connectivity index (χ1v) is 7.93. The summed E-state index contributed by atoms with van der Waals surface area (Å²) in [6.07, 6.45) is 1.29. The Hall–Kier alpha value is -3.79. The Morgan fingerprint density at radius 2 is 1.81 bits per heavy atom. The molecule has 3 rings (SSSR count). The zero-order valence-electron chi connectivity index (χ0n) is 13.9. The lowest BCUT2D eigenvalue weighted by molar-refractivity contribution is 0.0946. The summed E-state index contributed by atoms with van der Waals surface area (Å²) < 4.78 is 26.7. The van der Waals surface area contributed by atoms with Crippen molar-refractivity contribution in [3.05, 3.63) is 94.3 Å². The van der Waals surface area contributed by atoms with Crippen LogP contribution < -0.4 is 5.32 Å².